The Labute approximate surface area is 79.4 Å². The third-order valence-corrected chi connectivity index (χ3v) is 2.08. The maximum atomic E-state index is 3.94. The summed E-state index contributed by atoms with van der Waals surface area (Å²) >= 11 is 0. The number of rotatable bonds is 1. The van der Waals surface area contributed by atoms with Gasteiger partial charge in [0, 0.05) is 10.9 Å². The number of aromatic amines is 1. The molecule has 0 aliphatic rings. The number of H-pyrrole nitrogens is 1. The van der Waals surface area contributed by atoms with Crippen molar-refractivity contribution in [1.29, 1.82) is 0 Å². The third kappa shape index (κ3) is 0.990. The third-order valence-electron chi connectivity index (χ3n) is 2.08. The van der Waals surface area contributed by atoms with Crippen molar-refractivity contribution in [3.63, 3.8) is 0 Å². The molecule has 0 aliphatic heterocycles. The number of tetrazole rings is 1. The predicted octanol–water partition coefficient (Wildman–Crippen LogP) is 1.14. The van der Waals surface area contributed by atoms with Crippen molar-refractivity contribution >= 4 is 10.9 Å². The van der Waals surface area contributed by atoms with Gasteiger partial charge in [-0.25, -0.2) is 0 Å². The minimum Gasteiger partial charge on any atom is -0.338 e. The number of nitrogens with one attached hydrogen (secondary N) is 1. The molecule has 0 spiro atoms. The number of aromatic nitrogens is 5. The summed E-state index contributed by atoms with van der Waals surface area (Å²) in [7, 11) is 0. The Morgan fingerprint density at radius 3 is 2.93 bits per heavy atom. The second-order valence-corrected chi connectivity index (χ2v) is 2.97. The molecule has 5 nitrogen and oxygen atoms in total. The van der Waals surface area contributed by atoms with Crippen molar-refractivity contribution < 1.29 is 0 Å². The minimum atomic E-state index is 0.823. The van der Waals surface area contributed by atoms with Crippen LogP contribution in [0.2, 0.25) is 0 Å². The highest BCUT2D eigenvalue weighted by atomic mass is 15.6. The van der Waals surface area contributed by atoms with E-state index in [0.29, 0.717) is 0 Å². The van der Waals surface area contributed by atoms with E-state index in [4.69, 9.17) is 0 Å². The molecular formula is C9H7N5. The van der Waals surface area contributed by atoms with Crippen LogP contribution < -0.4 is 0 Å². The van der Waals surface area contributed by atoms with Gasteiger partial charge in [0.1, 0.15) is 0 Å². The number of para-hydroxylation sites is 1. The fraction of sp³-hybridized carbons (Fsp3) is 0. The molecule has 0 radical (unpaired) electrons. The van der Waals surface area contributed by atoms with Crippen molar-refractivity contribution in [2.45, 2.75) is 0 Å². The van der Waals surface area contributed by atoms with Gasteiger partial charge in [0.05, 0.1) is 0 Å². The van der Waals surface area contributed by atoms with Crippen molar-refractivity contribution in [3.05, 3.63) is 36.7 Å². The van der Waals surface area contributed by atoms with Gasteiger partial charge in [-0.1, -0.05) is 18.2 Å². The van der Waals surface area contributed by atoms with Crippen molar-refractivity contribution in [1.82, 2.24) is 25.2 Å². The monoisotopic (exact) mass is 185 g/mol. The summed E-state index contributed by atoms with van der Waals surface area (Å²) in [6, 6.07) is 10.0. The van der Waals surface area contributed by atoms with Gasteiger partial charge in [0.15, 0.2) is 12.1 Å². The first kappa shape index (κ1) is 7.25. The standard InChI is InChI=1S/C9H7N5/c1-2-4-8-7(3-1)5-9(12-8)14-11-6-10-13-14/h1-6,12H. The fourth-order valence-corrected chi connectivity index (χ4v) is 1.44. The summed E-state index contributed by atoms with van der Waals surface area (Å²) in [4.78, 5) is 4.65. The molecule has 68 valence electrons. The molecule has 0 saturated carbocycles. The summed E-state index contributed by atoms with van der Waals surface area (Å²) in [6.07, 6.45) is 1.41. The van der Waals surface area contributed by atoms with Crippen LogP contribution in [-0.2, 0) is 0 Å². The Kier molecular flexibility index (Phi) is 1.38. The average molecular weight is 185 g/mol. The summed E-state index contributed by atoms with van der Waals surface area (Å²) in [5.74, 6) is 0.823. The summed E-state index contributed by atoms with van der Waals surface area (Å²) < 4.78 is 0. The molecule has 1 aromatic carbocycles. The van der Waals surface area contributed by atoms with Crippen LogP contribution in [0.5, 0.6) is 0 Å². The first-order valence-electron chi connectivity index (χ1n) is 4.24. The molecule has 0 saturated heterocycles. The molecule has 0 unspecified atom stereocenters. The van der Waals surface area contributed by atoms with E-state index in [-0.39, 0.29) is 0 Å². The van der Waals surface area contributed by atoms with Crippen LogP contribution in [0.25, 0.3) is 16.7 Å². The molecule has 0 bridgehead atoms. The molecule has 1 N–H and O–H groups in total. The molecule has 5 heteroatoms. The largest absolute Gasteiger partial charge is 0.338 e. The minimum absolute atomic E-state index is 0.823. The average Bonchev–Trinajstić information content (AvgIpc) is 2.86. The highest BCUT2D eigenvalue weighted by Gasteiger charge is 2.02. The highest BCUT2D eigenvalue weighted by molar-refractivity contribution is 5.81. The normalized spacial score (nSPS) is 10.9. The lowest BCUT2D eigenvalue weighted by Crippen LogP contribution is -1.98. The maximum absolute atomic E-state index is 3.94. The summed E-state index contributed by atoms with van der Waals surface area (Å²) in [5, 5.41) is 12.5. The molecule has 0 amide bonds. The van der Waals surface area contributed by atoms with Crippen LogP contribution in [0.15, 0.2) is 36.7 Å². The molecule has 2 aromatic heterocycles. The lowest BCUT2D eigenvalue weighted by Gasteiger charge is -1.89. The van der Waals surface area contributed by atoms with Crippen LogP contribution in [0.4, 0.5) is 0 Å². The van der Waals surface area contributed by atoms with E-state index in [2.05, 4.69) is 20.4 Å². The SMILES string of the molecule is c1ccc2[nH]c(-n3ncnn3)cc2c1. The van der Waals surface area contributed by atoms with Gasteiger partial charge in [-0.05, 0) is 17.3 Å². The van der Waals surface area contributed by atoms with Crippen LogP contribution in [0, 0.1) is 0 Å². The lowest BCUT2D eigenvalue weighted by atomic mass is 10.2. The number of hydrogen-bond donors (Lipinski definition) is 1. The van der Waals surface area contributed by atoms with Crippen LogP contribution in [0.3, 0.4) is 0 Å². The van der Waals surface area contributed by atoms with Gasteiger partial charge in [-0.3, -0.25) is 0 Å². The molecule has 3 aromatic rings. The first-order chi connectivity index (χ1) is 6.93. The number of fused-ring (bicyclic) bond motifs is 1. The van der Waals surface area contributed by atoms with Crippen LogP contribution in [-0.4, -0.2) is 25.2 Å². The molecular weight excluding hydrogens is 178 g/mol. The topological polar surface area (TPSA) is 59.4 Å². The molecule has 0 atom stereocenters. The van der Waals surface area contributed by atoms with Gasteiger partial charge >= 0.3 is 0 Å². The Balaban J connectivity index is 2.24. The Morgan fingerprint density at radius 1 is 1.21 bits per heavy atom. The van der Waals surface area contributed by atoms with E-state index in [1.54, 1.807) is 0 Å². The van der Waals surface area contributed by atoms with Gasteiger partial charge in [-0.15, -0.1) is 15.0 Å². The van der Waals surface area contributed by atoms with E-state index >= 15 is 0 Å². The zero-order valence-corrected chi connectivity index (χ0v) is 7.25. The van der Waals surface area contributed by atoms with Gasteiger partial charge < -0.3 is 4.98 Å². The fourth-order valence-electron chi connectivity index (χ4n) is 1.44. The van der Waals surface area contributed by atoms with E-state index in [1.165, 1.54) is 11.1 Å². The predicted molar refractivity (Wildman–Crippen MR) is 51.0 cm³/mol. The molecule has 0 aliphatic carbocycles. The van der Waals surface area contributed by atoms with Crippen LogP contribution in [0.1, 0.15) is 0 Å². The molecule has 14 heavy (non-hydrogen) atoms. The van der Waals surface area contributed by atoms with E-state index in [9.17, 15) is 0 Å². The number of benzene rings is 1. The van der Waals surface area contributed by atoms with Gasteiger partial charge in [0.2, 0.25) is 0 Å². The van der Waals surface area contributed by atoms with Crippen molar-refractivity contribution in [2.24, 2.45) is 0 Å². The van der Waals surface area contributed by atoms with E-state index in [1.807, 2.05) is 30.3 Å². The van der Waals surface area contributed by atoms with Crippen LogP contribution >= 0.6 is 0 Å². The zero-order valence-electron chi connectivity index (χ0n) is 7.25. The van der Waals surface area contributed by atoms with Gasteiger partial charge in [0.25, 0.3) is 0 Å². The smallest absolute Gasteiger partial charge is 0.162 e. The number of nitrogens with zero attached hydrogens (tertiary/aromatic N) is 4. The van der Waals surface area contributed by atoms with Gasteiger partial charge in [-0.2, -0.15) is 0 Å². The molecule has 0 fully saturated rings. The molecule has 2 heterocycles. The lowest BCUT2D eigenvalue weighted by molar-refractivity contribution is 0.706. The van der Waals surface area contributed by atoms with E-state index < -0.39 is 0 Å². The number of hydrogen-bond acceptors (Lipinski definition) is 3. The second kappa shape index (κ2) is 2.66. The quantitative estimate of drug-likeness (QED) is 0.618. The summed E-state index contributed by atoms with van der Waals surface area (Å²) in [6.45, 7) is 0. The highest BCUT2D eigenvalue weighted by Crippen LogP contribution is 2.15. The Bertz CT molecular complexity index is 518. The Morgan fingerprint density at radius 2 is 2.14 bits per heavy atom. The summed E-state index contributed by atoms with van der Waals surface area (Å²) in [5.41, 5.74) is 1.07. The van der Waals surface area contributed by atoms with E-state index in [0.717, 1.165) is 16.7 Å². The molecule has 3 rings (SSSR count). The van der Waals surface area contributed by atoms with Crippen molar-refractivity contribution in [3.8, 4) is 5.82 Å². The zero-order chi connectivity index (χ0) is 9.38. The Hall–Kier alpha value is -2.17. The van der Waals surface area contributed by atoms with Crippen molar-refractivity contribution in [2.75, 3.05) is 0 Å². The second-order valence-electron chi connectivity index (χ2n) is 2.97. The maximum Gasteiger partial charge on any atom is 0.162 e. The first-order valence-corrected chi connectivity index (χ1v) is 4.24.